The van der Waals surface area contributed by atoms with Crippen molar-refractivity contribution in [3.63, 3.8) is 0 Å². The third-order valence-corrected chi connectivity index (χ3v) is 3.55. The van der Waals surface area contributed by atoms with Gasteiger partial charge in [0, 0.05) is 25.3 Å². The lowest BCUT2D eigenvalue weighted by Crippen LogP contribution is -2.34. The number of imidazole rings is 1. The van der Waals surface area contributed by atoms with Crippen molar-refractivity contribution >= 4 is 0 Å². The summed E-state index contributed by atoms with van der Waals surface area (Å²) in [4.78, 5) is 6.84. The first-order valence-corrected chi connectivity index (χ1v) is 6.69. The lowest BCUT2D eigenvalue weighted by Gasteiger charge is -2.30. The molecule has 4 nitrogen and oxygen atoms in total. The summed E-state index contributed by atoms with van der Waals surface area (Å²) in [6.45, 7) is 6.85. The van der Waals surface area contributed by atoms with E-state index in [1.807, 2.05) is 19.6 Å². The van der Waals surface area contributed by atoms with E-state index in [-0.39, 0.29) is 0 Å². The fourth-order valence-corrected chi connectivity index (χ4v) is 2.65. The quantitative estimate of drug-likeness (QED) is 0.844. The van der Waals surface area contributed by atoms with Gasteiger partial charge in [-0.15, -0.1) is 0 Å². The van der Waals surface area contributed by atoms with E-state index >= 15 is 0 Å². The fraction of sp³-hybridized carbons (Fsp3) is 0.769. The molecule has 2 heterocycles. The summed E-state index contributed by atoms with van der Waals surface area (Å²) < 4.78 is 2.30. The molecule has 1 atom stereocenters. The lowest BCUT2D eigenvalue weighted by atomic mass is 10.1. The molecule has 1 saturated heterocycles. The van der Waals surface area contributed by atoms with Crippen molar-refractivity contribution in [2.24, 2.45) is 0 Å². The molecule has 1 aliphatic rings. The van der Waals surface area contributed by atoms with Crippen LogP contribution in [0.25, 0.3) is 0 Å². The van der Waals surface area contributed by atoms with E-state index < -0.39 is 0 Å². The summed E-state index contributed by atoms with van der Waals surface area (Å²) in [5.74, 6) is 0. The zero-order valence-corrected chi connectivity index (χ0v) is 11.0. The third-order valence-electron chi connectivity index (χ3n) is 3.55. The number of hydrogen-bond acceptors (Lipinski definition) is 3. The number of nitrogens with one attached hydrogen (secondary N) is 1. The van der Waals surface area contributed by atoms with Crippen LogP contribution < -0.4 is 5.32 Å². The highest BCUT2D eigenvalue weighted by Gasteiger charge is 2.15. The van der Waals surface area contributed by atoms with E-state index in [0.717, 1.165) is 13.1 Å². The van der Waals surface area contributed by atoms with Crippen LogP contribution in [0.4, 0.5) is 0 Å². The highest BCUT2D eigenvalue weighted by atomic mass is 15.2. The van der Waals surface area contributed by atoms with E-state index in [9.17, 15) is 0 Å². The van der Waals surface area contributed by atoms with Gasteiger partial charge in [0.2, 0.25) is 0 Å². The molecule has 0 saturated carbocycles. The fourth-order valence-electron chi connectivity index (χ4n) is 2.65. The Morgan fingerprint density at radius 1 is 1.35 bits per heavy atom. The zero-order chi connectivity index (χ0) is 12.1. The average Bonchev–Trinajstić information content (AvgIpc) is 2.79. The van der Waals surface area contributed by atoms with Crippen LogP contribution in [0.2, 0.25) is 0 Å². The second-order valence-corrected chi connectivity index (χ2v) is 5.03. The maximum atomic E-state index is 4.26. The Labute approximate surface area is 104 Å². The predicted molar refractivity (Wildman–Crippen MR) is 70.0 cm³/mol. The molecule has 1 unspecified atom stereocenters. The van der Waals surface area contributed by atoms with Crippen LogP contribution in [0.15, 0.2) is 12.5 Å². The molecule has 1 fully saturated rings. The van der Waals surface area contributed by atoms with E-state index in [1.165, 1.54) is 38.0 Å². The first kappa shape index (κ1) is 12.6. The minimum atomic E-state index is 0.513. The standard InChI is InChI=1S/C13H24N4/c1-12(10-16-6-4-3-5-7-16)17-11-15-9-13(17)8-14-2/h9,11-12,14H,3-8,10H2,1-2H3. The van der Waals surface area contributed by atoms with Gasteiger partial charge in [0.1, 0.15) is 0 Å². The van der Waals surface area contributed by atoms with Gasteiger partial charge < -0.3 is 14.8 Å². The first-order chi connectivity index (χ1) is 8.31. The third kappa shape index (κ3) is 3.30. The van der Waals surface area contributed by atoms with Crippen molar-refractivity contribution in [3.8, 4) is 0 Å². The minimum Gasteiger partial charge on any atom is -0.329 e. The molecule has 96 valence electrons. The molecule has 1 aromatic heterocycles. The first-order valence-electron chi connectivity index (χ1n) is 6.69. The van der Waals surface area contributed by atoms with Crippen molar-refractivity contribution in [2.45, 2.75) is 38.8 Å². The molecule has 0 amide bonds. The number of rotatable bonds is 5. The monoisotopic (exact) mass is 236 g/mol. The van der Waals surface area contributed by atoms with Gasteiger partial charge in [0.25, 0.3) is 0 Å². The lowest BCUT2D eigenvalue weighted by molar-refractivity contribution is 0.200. The number of nitrogens with zero attached hydrogens (tertiary/aromatic N) is 3. The van der Waals surface area contributed by atoms with Gasteiger partial charge in [-0.25, -0.2) is 4.98 Å². The van der Waals surface area contributed by atoms with E-state index in [0.29, 0.717) is 6.04 Å². The smallest absolute Gasteiger partial charge is 0.0951 e. The summed E-state index contributed by atoms with van der Waals surface area (Å²) in [7, 11) is 1.98. The molecule has 4 heteroatoms. The molecule has 1 N–H and O–H groups in total. The summed E-state index contributed by atoms with van der Waals surface area (Å²) in [6.07, 6.45) is 8.05. The van der Waals surface area contributed by atoms with Crippen LogP contribution in [-0.4, -0.2) is 41.1 Å². The van der Waals surface area contributed by atoms with Crippen LogP contribution in [-0.2, 0) is 6.54 Å². The minimum absolute atomic E-state index is 0.513. The number of aromatic nitrogens is 2. The maximum Gasteiger partial charge on any atom is 0.0951 e. The number of likely N-dealkylation sites (tertiary alicyclic amines) is 1. The largest absolute Gasteiger partial charge is 0.329 e. The van der Waals surface area contributed by atoms with Crippen molar-refractivity contribution in [1.29, 1.82) is 0 Å². The van der Waals surface area contributed by atoms with E-state index in [4.69, 9.17) is 0 Å². The SMILES string of the molecule is CNCc1cncn1C(C)CN1CCCCC1. The van der Waals surface area contributed by atoms with E-state index in [2.05, 4.69) is 26.7 Å². The Kier molecular flexibility index (Phi) is 4.57. The van der Waals surface area contributed by atoms with Gasteiger partial charge in [-0.1, -0.05) is 6.42 Å². The molecule has 1 aliphatic heterocycles. The van der Waals surface area contributed by atoms with Crippen molar-refractivity contribution < 1.29 is 0 Å². The van der Waals surface area contributed by atoms with Crippen molar-refractivity contribution in [3.05, 3.63) is 18.2 Å². The van der Waals surface area contributed by atoms with Gasteiger partial charge >= 0.3 is 0 Å². The van der Waals surface area contributed by atoms with Crippen LogP contribution in [0, 0.1) is 0 Å². The molecule has 0 aliphatic carbocycles. The summed E-state index contributed by atoms with van der Waals surface area (Å²) in [5.41, 5.74) is 1.28. The Hall–Kier alpha value is -0.870. The van der Waals surface area contributed by atoms with Crippen LogP contribution >= 0.6 is 0 Å². The molecule has 1 aromatic rings. The van der Waals surface area contributed by atoms with E-state index in [1.54, 1.807) is 0 Å². The molecule has 2 rings (SSSR count). The Morgan fingerprint density at radius 2 is 2.12 bits per heavy atom. The Bertz CT molecular complexity index is 328. The van der Waals surface area contributed by atoms with Crippen molar-refractivity contribution in [2.75, 3.05) is 26.7 Å². The molecule has 0 spiro atoms. The summed E-state index contributed by atoms with van der Waals surface area (Å²) >= 11 is 0. The van der Waals surface area contributed by atoms with Gasteiger partial charge in [-0.2, -0.15) is 0 Å². The van der Waals surface area contributed by atoms with Gasteiger partial charge in [-0.05, 0) is 39.9 Å². The average molecular weight is 236 g/mol. The van der Waals surface area contributed by atoms with Gasteiger partial charge in [-0.3, -0.25) is 0 Å². The molecule has 0 aromatic carbocycles. The Balaban J connectivity index is 1.93. The second kappa shape index (κ2) is 6.17. The summed E-state index contributed by atoms with van der Waals surface area (Å²) in [6, 6.07) is 0.513. The molecular formula is C13H24N4. The van der Waals surface area contributed by atoms with Crippen LogP contribution in [0.1, 0.15) is 37.9 Å². The zero-order valence-electron chi connectivity index (χ0n) is 11.0. The number of piperidine rings is 1. The molecule has 0 bridgehead atoms. The summed E-state index contributed by atoms with van der Waals surface area (Å²) in [5, 5.41) is 3.19. The second-order valence-electron chi connectivity index (χ2n) is 5.03. The van der Waals surface area contributed by atoms with Gasteiger partial charge in [0.05, 0.1) is 12.0 Å². The van der Waals surface area contributed by atoms with Gasteiger partial charge in [0.15, 0.2) is 0 Å². The van der Waals surface area contributed by atoms with Crippen molar-refractivity contribution in [1.82, 2.24) is 19.8 Å². The topological polar surface area (TPSA) is 33.1 Å². The molecule has 17 heavy (non-hydrogen) atoms. The van der Waals surface area contributed by atoms with Crippen LogP contribution in [0.3, 0.4) is 0 Å². The highest BCUT2D eigenvalue weighted by molar-refractivity contribution is 5.00. The number of hydrogen-bond donors (Lipinski definition) is 1. The maximum absolute atomic E-state index is 4.26. The van der Waals surface area contributed by atoms with Crippen LogP contribution in [0.5, 0.6) is 0 Å². The highest BCUT2D eigenvalue weighted by Crippen LogP contribution is 2.15. The Morgan fingerprint density at radius 3 is 2.82 bits per heavy atom. The molecule has 0 radical (unpaired) electrons. The molecular weight excluding hydrogens is 212 g/mol. The normalized spacial score (nSPS) is 19.4. The predicted octanol–water partition coefficient (Wildman–Crippen LogP) is 1.65.